The molecule has 0 N–H and O–H groups in total. The predicted octanol–water partition coefficient (Wildman–Crippen LogP) is 1.58. The van der Waals surface area contributed by atoms with Crippen molar-refractivity contribution in [3.63, 3.8) is 0 Å². The van der Waals surface area contributed by atoms with E-state index >= 15 is 0 Å². The van der Waals surface area contributed by atoms with Gasteiger partial charge >= 0.3 is 0 Å². The van der Waals surface area contributed by atoms with Crippen LogP contribution < -0.4 is 0 Å². The summed E-state index contributed by atoms with van der Waals surface area (Å²) >= 11 is 0. The van der Waals surface area contributed by atoms with E-state index in [0.29, 0.717) is 12.8 Å². The molecule has 11 heavy (non-hydrogen) atoms. The smallest absolute Gasteiger partial charge is 0.144 e. The molecule has 1 saturated carbocycles. The molecule has 0 heterocycles. The Hall–Kier alpha value is -0.660. The molecule has 0 aromatic rings. The molecule has 1 aliphatic rings. The number of hydrogen-bond donors (Lipinski definition) is 0. The zero-order chi connectivity index (χ0) is 8.65. The number of ketones is 2. The minimum Gasteiger partial charge on any atom is -0.299 e. The highest BCUT2D eigenvalue weighted by atomic mass is 16.2. The van der Waals surface area contributed by atoms with E-state index in [2.05, 4.69) is 0 Å². The molecule has 1 rings (SSSR count). The standard InChI is InChI=1S/C9H14O2/c1-9(2,3)8-6(10)4-5-7(8)11/h8H,4-5H2,1-3H3. The van der Waals surface area contributed by atoms with Crippen LogP contribution in [-0.4, -0.2) is 11.6 Å². The van der Waals surface area contributed by atoms with Gasteiger partial charge in [-0.15, -0.1) is 0 Å². The Morgan fingerprint density at radius 1 is 1.09 bits per heavy atom. The summed E-state index contributed by atoms with van der Waals surface area (Å²) in [6, 6.07) is 0. The summed E-state index contributed by atoms with van der Waals surface area (Å²) in [6.45, 7) is 5.83. The van der Waals surface area contributed by atoms with E-state index in [1.807, 2.05) is 20.8 Å². The molecule has 1 fully saturated rings. The molecule has 0 amide bonds. The Balaban J connectivity index is 2.85. The lowest BCUT2D eigenvalue weighted by molar-refractivity contribution is -0.131. The fourth-order valence-corrected chi connectivity index (χ4v) is 1.68. The maximum absolute atomic E-state index is 11.2. The van der Waals surface area contributed by atoms with Crippen LogP contribution >= 0.6 is 0 Å². The SMILES string of the molecule is CC(C)(C)C1C(=O)CCC1=O. The van der Waals surface area contributed by atoms with Crippen molar-refractivity contribution in [3.8, 4) is 0 Å². The van der Waals surface area contributed by atoms with Gasteiger partial charge in [0.1, 0.15) is 11.6 Å². The lowest BCUT2D eigenvalue weighted by Gasteiger charge is -2.23. The third-order valence-electron chi connectivity index (χ3n) is 2.13. The summed E-state index contributed by atoms with van der Waals surface area (Å²) < 4.78 is 0. The lowest BCUT2D eigenvalue weighted by atomic mass is 9.79. The summed E-state index contributed by atoms with van der Waals surface area (Å²) in [4.78, 5) is 22.4. The Bertz CT molecular complexity index is 182. The number of hydrogen-bond acceptors (Lipinski definition) is 2. The van der Waals surface area contributed by atoms with Crippen LogP contribution in [0.1, 0.15) is 33.6 Å². The second kappa shape index (κ2) is 2.43. The largest absolute Gasteiger partial charge is 0.299 e. The van der Waals surface area contributed by atoms with E-state index in [9.17, 15) is 9.59 Å². The Labute approximate surface area is 67.0 Å². The van der Waals surface area contributed by atoms with Crippen molar-refractivity contribution in [2.24, 2.45) is 11.3 Å². The molecule has 0 unspecified atom stereocenters. The summed E-state index contributed by atoms with van der Waals surface area (Å²) in [5, 5.41) is 0. The third-order valence-corrected chi connectivity index (χ3v) is 2.13. The second-order valence-electron chi connectivity index (χ2n) is 4.23. The van der Waals surface area contributed by atoms with Gasteiger partial charge in [0.05, 0.1) is 5.92 Å². The van der Waals surface area contributed by atoms with Crippen molar-refractivity contribution in [2.45, 2.75) is 33.6 Å². The van der Waals surface area contributed by atoms with Crippen LogP contribution in [0, 0.1) is 11.3 Å². The van der Waals surface area contributed by atoms with Crippen molar-refractivity contribution >= 4 is 11.6 Å². The summed E-state index contributed by atoms with van der Waals surface area (Å²) in [6.07, 6.45) is 0.918. The van der Waals surface area contributed by atoms with Crippen LogP contribution in [0.3, 0.4) is 0 Å². The lowest BCUT2D eigenvalue weighted by Crippen LogP contribution is -2.29. The van der Waals surface area contributed by atoms with Crippen molar-refractivity contribution in [2.75, 3.05) is 0 Å². The van der Waals surface area contributed by atoms with E-state index in [1.54, 1.807) is 0 Å². The number of rotatable bonds is 0. The molecule has 0 aromatic heterocycles. The van der Waals surface area contributed by atoms with Gasteiger partial charge in [-0.05, 0) is 5.41 Å². The monoisotopic (exact) mass is 154 g/mol. The van der Waals surface area contributed by atoms with Gasteiger partial charge in [0.15, 0.2) is 0 Å². The summed E-state index contributed by atoms with van der Waals surface area (Å²) in [5.74, 6) is -0.0764. The predicted molar refractivity (Wildman–Crippen MR) is 42.2 cm³/mol. The van der Waals surface area contributed by atoms with Crippen LogP contribution in [0.25, 0.3) is 0 Å². The minimum absolute atomic E-state index is 0.127. The molecule has 1 aliphatic carbocycles. The topological polar surface area (TPSA) is 34.1 Å². The highest BCUT2D eigenvalue weighted by molar-refractivity contribution is 6.09. The summed E-state index contributed by atoms with van der Waals surface area (Å²) in [5.41, 5.74) is -0.176. The normalized spacial score (nSPS) is 21.4. The van der Waals surface area contributed by atoms with Gasteiger partial charge in [0.2, 0.25) is 0 Å². The molecule has 0 aliphatic heterocycles. The van der Waals surface area contributed by atoms with E-state index in [-0.39, 0.29) is 22.9 Å². The third kappa shape index (κ3) is 1.50. The van der Waals surface area contributed by atoms with E-state index < -0.39 is 0 Å². The van der Waals surface area contributed by atoms with Gasteiger partial charge in [-0.1, -0.05) is 20.8 Å². The van der Waals surface area contributed by atoms with Gasteiger partial charge in [0.25, 0.3) is 0 Å². The first-order chi connectivity index (χ1) is 4.93. The molecule has 2 nitrogen and oxygen atoms in total. The molecular weight excluding hydrogens is 140 g/mol. The molecular formula is C9H14O2. The quantitative estimate of drug-likeness (QED) is 0.496. The number of Topliss-reactive ketones (excluding diaryl/α,β-unsaturated/α-hetero) is 2. The average molecular weight is 154 g/mol. The van der Waals surface area contributed by atoms with Crippen molar-refractivity contribution in [1.82, 2.24) is 0 Å². The first kappa shape index (κ1) is 8.44. The van der Waals surface area contributed by atoms with Crippen LogP contribution in [0.4, 0.5) is 0 Å². The molecule has 62 valence electrons. The average Bonchev–Trinajstić information content (AvgIpc) is 2.08. The molecule has 0 atom stereocenters. The second-order valence-corrected chi connectivity index (χ2v) is 4.23. The van der Waals surface area contributed by atoms with Crippen LogP contribution in [-0.2, 0) is 9.59 Å². The Morgan fingerprint density at radius 2 is 1.45 bits per heavy atom. The molecule has 0 saturated heterocycles. The van der Waals surface area contributed by atoms with Crippen LogP contribution in [0.15, 0.2) is 0 Å². The van der Waals surface area contributed by atoms with Gasteiger partial charge in [-0.2, -0.15) is 0 Å². The molecule has 0 bridgehead atoms. The van der Waals surface area contributed by atoms with Gasteiger partial charge in [-0.25, -0.2) is 0 Å². The van der Waals surface area contributed by atoms with Gasteiger partial charge in [0, 0.05) is 12.8 Å². The molecule has 2 heteroatoms. The fourth-order valence-electron chi connectivity index (χ4n) is 1.68. The zero-order valence-electron chi connectivity index (χ0n) is 7.31. The van der Waals surface area contributed by atoms with Crippen molar-refractivity contribution in [3.05, 3.63) is 0 Å². The van der Waals surface area contributed by atoms with Gasteiger partial charge in [-0.3, -0.25) is 9.59 Å². The van der Waals surface area contributed by atoms with Crippen molar-refractivity contribution in [1.29, 1.82) is 0 Å². The van der Waals surface area contributed by atoms with Gasteiger partial charge < -0.3 is 0 Å². The highest BCUT2D eigenvalue weighted by Gasteiger charge is 2.40. The van der Waals surface area contributed by atoms with Crippen molar-refractivity contribution < 1.29 is 9.59 Å². The van der Waals surface area contributed by atoms with Crippen LogP contribution in [0.5, 0.6) is 0 Å². The Kier molecular flexibility index (Phi) is 1.87. The summed E-state index contributed by atoms with van der Waals surface area (Å²) in [7, 11) is 0. The van der Waals surface area contributed by atoms with Crippen LogP contribution in [0.2, 0.25) is 0 Å². The number of carbonyl (C=O) groups is 2. The maximum atomic E-state index is 11.2. The highest BCUT2D eigenvalue weighted by Crippen LogP contribution is 2.33. The first-order valence-corrected chi connectivity index (χ1v) is 3.98. The molecule has 0 aromatic carbocycles. The first-order valence-electron chi connectivity index (χ1n) is 3.98. The molecule has 0 radical (unpaired) electrons. The van der Waals surface area contributed by atoms with E-state index in [4.69, 9.17) is 0 Å². The molecule has 0 spiro atoms. The minimum atomic E-state index is -0.331. The van der Waals surface area contributed by atoms with E-state index in [0.717, 1.165) is 0 Å². The fraction of sp³-hybridized carbons (Fsp3) is 0.778. The van der Waals surface area contributed by atoms with E-state index in [1.165, 1.54) is 0 Å². The maximum Gasteiger partial charge on any atom is 0.144 e. The number of carbonyl (C=O) groups excluding carboxylic acids is 2. The Morgan fingerprint density at radius 3 is 1.64 bits per heavy atom. The zero-order valence-corrected chi connectivity index (χ0v) is 7.31.